The van der Waals surface area contributed by atoms with Gasteiger partial charge in [0.2, 0.25) is 0 Å². The van der Waals surface area contributed by atoms with Crippen molar-refractivity contribution in [1.82, 2.24) is 0 Å². The Hall–Kier alpha value is 0. The third kappa shape index (κ3) is 2.24. The molecule has 15 heavy (non-hydrogen) atoms. The zero-order chi connectivity index (χ0) is 10.9. The van der Waals surface area contributed by atoms with Crippen LogP contribution in [0.5, 0.6) is 0 Å². The average Bonchev–Trinajstić information content (AvgIpc) is 2.36. The monoisotopic (exact) mass is 208 g/mol. The molecule has 88 valence electrons. The van der Waals surface area contributed by atoms with Gasteiger partial charge in [-0.2, -0.15) is 0 Å². The van der Waals surface area contributed by atoms with Crippen LogP contribution in [-0.2, 0) is 0 Å². The molecule has 0 spiro atoms. The van der Waals surface area contributed by atoms with E-state index in [0.29, 0.717) is 5.41 Å². The third-order valence-electron chi connectivity index (χ3n) is 5.58. The molecule has 0 aromatic heterocycles. The molecule has 2 bridgehead atoms. The molecule has 0 aromatic carbocycles. The summed E-state index contributed by atoms with van der Waals surface area (Å²) in [5, 5.41) is 0. The van der Waals surface area contributed by atoms with Crippen LogP contribution in [0.15, 0.2) is 0 Å². The van der Waals surface area contributed by atoms with E-state index in [1.807, 2.05) is 0 Å². The Morgan fingerprint density at radius 2 is 1.93 bits per heavy atom. The Labute approximate surface area is 95.8 Å². The fraction of sp³-hybridized carbons (Fsp3) is 1.00. The highest BCUT2D eigenvalue weighted by Crippen LogP contribution is 2.52. The zero-order valence-electron chi connectivity index (χ0n) is 10.9. The largest absolute Gasteiger partial charge is 0.0651 e. The molecule has 0 N–H and O–H groups in total. The molecule has 2 rings (SSSR count). The molecule has 4 unspecified atom stereocenters. The second-order valence-corrected chi connectivity index (χ2v) is 6.45. The standard InChI is InChI=1S/C15H28/c1-4-12-9-13-7-6-8-14(10-13)15(3,5-2)11-12/h12-14H,4-11H2,1-3H3. The molecule has 2 aliphatic carbocycles. The van der Waals surface area contributed by atoms with Crippen LogP contribution in [0.3, 0.4) is 0 Å². The van der Waals surface area contributed by atoms with E-state index >= 15 is 0 Å². The molecule has 0 amide bonds. The fourth-order valence-electron chi connectivity index (χ4n) is 4.26. The minimum atomic E-state index is 0.676. The van der Waals surface area contributed by atoms with Crippen molar-refractivity contribution in [3.8, 4) is 0 Å². The van der Waals surface area contributed by atoms with E-state index in [-0.39, 0.29) is 0 Å². The highest BCUT2D eigenvalue weighted by Gasteiger charge is 2.40. The summed E-state index contributed by atoms with van der Waals surface area (Å²) in [6.45, 7) is 7.39. The number of hydrogen-bond donors (Lipinski definition) is 0. The molecule has 0 aliphatic heterocycles. The van der Waals surface area contributed by atoms with Crippen molar-refractivity contribution in [2.45, 2.75) is 72.1 Å². The summed E-state index contributed by atoms with van der Waals surface area (Å²) in [5.74, 6) is 3.17. The highest BCUT2D eigenvalue weighted by atomic mass is 14.5. The minimum Gasteiger partial charge on any atom is -0.0651 e. The predicted octanol–water partition coefficient (Wildman–Crippen LogP) is 5.03. The molecule has 0 saturated heterocycles. The Balaban J connectivity index is 2.16. The van der Waals surface area contributed by atoms with Crippen molar-refractivity contribution in [3.05, 3.63) is 0 Å². The van der Waals surface area contributed by atoms with Crippen molar-refractivity contribution in [1.29, 1.82) is 0 Å². The SMILES string of the molecule is CCC1CC2CCCC(C2)C(C)(CC)C1. The normalized spacial score (nSPS) is 46.2. The van der Waals surface area contributed by atoms with E-state index in [2.05, 4.69) is 20.8 Å². The molecule has 2 aliphatic rings. The van der Waals surface area contributed by atoms with Gasteiger partial charge in [-0.25, -0.2) is 0 Å². The zero-order valence-corrected chi connectivity index (χ0v) is 10.9. The molecule has 0 radical (unpaired) electrons. The number of rotatable bonds is 2. The first kappa shape index (κ1) is 11.5. The van der Waals surface area contributed by atoms with Crippen LogP contribution in [0, 0.1) is 23.2 Å². The highest BCUT2D eigenvalue weighted by molar-refractivity contribution is 4.91. The smallest absolute Gasteiger partial charge is 0.0297 e. The molecule has 0 nitrogen and oxygen atoms in total. The lowest BCUT2D eigenvalue weighted by Crippen LogP contribution is -2.29. The van der Waals surface area contributed by atoms with Crippen LogP contribution < -0.4 is 0 Å². The first-order chi connectivity index (χ1) is 7.18. The van der Waals surface area contributed by atoms with Gasteiger partial charge in [-0.3, -0.25) is 0 Å². The van der Waals surface area contributed by atoms with Gasteiger partial charge in [0.15, 0.2) is 0 Å². The summed E-state index contributed by atoms with van der Waals surface area (Å²) in [6, 6.07) is 0. The quantitative estimate of drug-likeness (QED) is 0.597. The maximum atomic E-state index is 2.58. The van der Waals surface area contributed by atoms with Gasteiger partial charge in [0, 0.05) is 0 Å². The Morgan fingerprint density at radius 3 is 2.60 bits per heavy atom. The molecule has 2 fully saturated rings. The van der Waals surface area contributed by atoms with E-state index in [4.69, 9.17) is 0 Å². The van der Waals surface area contributed by atoms with E-state index in [1.165, 1.54) is 38.5 Å². The van der Waals surface area contributed by atoms with Crippen molar-refractivity contribution < 1.29 is 0 Å². The van der Waals surface area contributed by atoms with Gasteiger partial charge < -0.3 is 0 Å². The van der Waals surface area contributed by atoms with Crippen LogP contribution >= 0.6 is 0 Å². The lowest BCUT2D eigenvalue weighted by Gasteiger charge is -2.39. The molecule has 2 saturated carbocycles. The Kier molecular flexibility index (Phi) is 3.42. The minimum absolute atomic E-state index is 0.676. The summed E-state index contributed by atoms with van der Waals surface area (Å²) in [7, 11) is 0. The topological polar surface area (TPSA) is 0 Å². The van der Waals surface area contributed by atoms with Crippen LogP contribution in [0.1, 0.15) is 72.1 Å². The average molecular weight is 208 g/mol. The maximum Gasteiger partial charge on any atom is -0.0297 e. The Morgan fingerprint density at radius 1 is 1.13 bits per heavy atom. The van der Waals surface area contributed by atoms with Crippen molar-refractivity contribution in [3.63, 3.8) is 0 Å². The van der Waals surface area contributed by atoms with Gasteiger partial charge in [0.05, 0.1) is 0 Å². The van der Waals surface area contributed by atoms with E-state index < -0.39 is 0 Å². The van der Waals surface area contributed by atoms with Crippen molar-refractivity contribution in [2.75, 3.05) is 0 Å². The second kappa shape index (κ2) is 4.47. The maximum absolute atomic E-state index is 2.58. The van der Waals surface area contributed by atoms with Crippen LogP contribution in [-0.4, -0.2) is 0 Å². The molecule has 0 heterocycles. The van der Waals surface area contributed by atoms with E-state index in [0.717, 1.165) is 17.8 Å². The van der Waals surface area contributed by atoms with Crippen LogP contribution in [0.4, 0.5) is 0 Å². The Bertz CT molecular complexity index is 208. The lowest BCUT2D eigenvalue weighted by atomic mass is 9.66. The van der Waals surface area contributed by atoms with E-state index in [1.54, 1.807) is 12.8 Å². The first-order valence-corrected chi connectivity index (χ1v) is 7.18. The summed E-state index contributed by atoms with van der Waals surface area (Å²) in [4.78, 5) is 0. The van der Waals surface area contributed by atoms with Crippen molar-refractivity contribution in [2.24, 2.45) is 23.2 Å². The predicted molar refractivity (Wildman–Crippen MR) is 66.9 cm³/mol. The summed E-state index contributed by atoms with van der Waals surface area (Å²) < 4.78 is 0. The number of fused-ring (bicyclic) bond motifs is 2. The van der Waals surface area contributed by atoms with Gasteiger partial charge in [-0.15, -0.1) is 0 Å². The number of hydrogen-bond acceptors (Lipinski definition) is 0. The van der Waals surface area contributed by atoms with Gasteiger partial charge in [-0.05, 0) is 48.9 Å². The molecule has 0 heteroatoms. The van der Waals surface area contributed by atoms with Gasteiger partial charge in [0.25, 0.3) is 0 Å². The van der Waals surface area contributed by atoms with Crippen molar-refractivity contribution >= 4 is 0 Å². The first-order valence-electron chi connectivity index (χ1n) is 7.18. The van der Waals surface area contributed by atoms with Gasteiger partial charge in [-0.1, -0.05) is 46.5 Å². The van der Waals surface area contributed by atoms with Gasteiger partial charge >= 0.3 is 0 Å². The van der Waals surface area contributed by atoms with Crippen LogP contribution in [0.25, 0.3) is 0 Å². The second-order valence-electron chi connectivity index (χ2n) is 6.45. The third-order valence-corrected chi connectivity index (χ3v) is 5.58. The molecule has 0 aromatic rings. The van der Waals surface area contributed by atoms with E-state index in [9.17, 15) is 0 Å². The lowest BCUT2D eigenvalue weighted by molar-refractivity contribution is 0.112. The molecular weight excluding hydrogens is 180 g/mol. The summed E-state index contributed by atoms with van der Waals surface area (Å²) in [5.41, 5.74) is 0.676. The van der Waals surface area contributed by atoms with Crippen LogP contribution in [0.2, 0.25) is 0 Å². The molecule has 4 atom stereocenters. The fourth-order valence-corrected chi connectivity index (χ4v) is 4.26. The summed E-state index contributed by atoms with van der Waals surface area (Å²) >= 11 is 0. The van der Waals surface area contributed by atoms with Gasteiger partial charge in [0.1, 0.15) is 0 Å². The summed E-state index contributed by atoms with van der Waals surface area (Å²) in [6.07, 6.45) is 12.0. The molecular formula is C15H28.